The van der Waals surface area contributed by atoms with Crippen molar-refractivity contribution < 1.29 is 14.3 Å². The predicted octanol–water partition coefficient (Wildman–Crippen LogP) is 1.56. The molecule has 25 heavy (non-hydrogen) atoms. The van der Waals surface area contributed by atoms with E-state index < -0.39 is 0 Å². The number of carbonyl (C=O) groups excluding carboxylic acids is 2. The molecule has 7 nitrogen and oxygen atoms in total. The summed E-state index contributed by atoms with van der Waals surface area (Å²) >= 11 is 0. The van der Waals surface area contributed by atoms with Crippen molar-refractivity contribution in [3.8, 4) is 0 Å². The molecule has 0 atom stereocenters. The van der Waals surface area contributed by atoms with E-state index in [1.807, 2.05) is 29.2 Å². The van der Waals surface area contributed by atoms with Crippen LogP contribution < -0.4 is 16.0 Å². The number of hydrogen-bond acceptors (Lipinski definition) is 4. The first-order chi connectivity index (χ1) is 12.2. The summed E-state index contributed by atoms with van der Waals surface area (Å²) in [7, 11) is 1.67. The molecule has 3 N–H and O–H groups in total. The highest BCUT2D eigenvalue weighted by atomic mass is 16.5. The molecular formula is C18H28N4O3. The molecule has 1 aliphatic heterocycles. The smallest absolute Gasteiger partial charge is 0.315 e. The number of urea groups is 1. The van der Waals surface area contributed by atoms with Gasteiger partial charge in [0.15, 0.2) is 0 Å². The first kappa shape index (κ1) is 19.1. The van der Waals surface area contributed by atoms with Gasteiger partial charge < -0.3 is 25.6 Å². The van der Waals surface area contributed by atoms with Crippen molar-refractivity contribution in [3.63, 3.8) is 0 Å². The zero-order valence-corrected chi connectivity index (χ0v) is 14.8. The molecule has 0 unspecified atom stereocenters. The maximum absolute atomic E-state index is 11.8. The fourth-order valence-corrected chi connectivity index (χ4v) is 2.70. The average Bonchev–Trinajstić information content (AvgIpc) is 3.03. The lowest BCUT2D eigenvalue weighted by molar-refractivity contribution is -0.127. The number of nitrogens with one attached hydrogen (secondary N) is 3. The second kappa shape index (κ2) is 10.6. The molecule has 0 radical (unpaired) electrons. The summed E-state index contributed by atoms with van der Waals surface area (Å²) in [6.45, 7) is 4.04. The Morgan fingerprint density at radius 1 is 1.20 bits per heavy atom. The predicted molar refractivity (Wildman–Crippen MR) is 97.5 cm³/mol. The molecule has 1 aliphatic rings. The van der Waals surface area contributed by atoms with Crippen LogP contribution in [0, 0.1) is 0 Å². The van der Waals surface area contributed by atoms with Gasteiger partial charge in [-0.15, -0.1) is 0 Å². The fraction of sp³-hybridized carbons (Fsp3) is 0.556. The van der Waals surface area contributed by atoms with Gasteiger partial charge in [-0.05, 0) is 30.5 Å². The molecule has 1 aromatic carbocycles. The minimum atomic E-state index is -0.185. The van der Waals surface area contributed by atoms with E-state index in [0.29, 0.717) is 26.1 Å². The van der Waals surface area contributed by atoms with Crippen LogP contribution in [-0.2, 0) is 16.1 Å². The second-order valence-electron chi connectivity index (χ2n) is 6.06. The van der Waals surface area contributed by atoms with Crippen molar-refractivity contribution in [2.75, 3.05) is 45.2 Å². The zero-order chi connectivity index (χ0) is 17.9. The van der Waals surface area contributed by atoms with Gasteiger partial charge in [-0.25, -0.2) is 4.79 Å². The van der Waals surface area contributed by atoms with Crippen molar-refractivity contribution in [3.05, 3.63) is 29.8 Å². The van der Waals surface area contributed by atoms with E-state index >= 15 is 0 Å². The number of benzene rings is 1. The van der Waals surface area contributed by atoms with Gasteiger partial charge in [0.25, 0.3) is 0 Å². The Morgan fingerprint density at radius 2 is 2.00 bits per heavy atom. The van der Waals surface area contributed by atoms with Crippen LogP contribution in [-0.4, -0.2) is 56.7 Å². The lowest BCUT2D eigenvalue weighted by Crippen LogP contribution is -2.37. The molecule has 7 heteroatoms. The van der Waals surface area contributed by atoms with E-state index in [0.717, 1.165) is 43.7 Å². The van der Waals surface area contributed by atoms with Crippen LogP contribution in [0.3, 0.4) is 0 Å². The summed E-state index contributed by atoms with van der Waals surface area (Å²) in [5, 5.41) is 8.91. The Morgan fingerprint density at radius 3 is 2.68 bits per heavy atom. The minimum absolute atomic E-state index is 0.185. The Labute approximate surface area is 149 Å². The molecule has 0 saturated carbocycles. The van der Waals surface area contributed by atoms with Crippen LogP contribution in [0.2, 0.25) is 0 Å². The number of hydrogen-bond donors (Lipinski definition) is 3. The number of likely N-dealkylation sites (tertiary alicyclic amines) is 1. The first-order valence-corrected chi connectivity index (χ1v) is 8.80. The molecule has 1 heterocycles. The summed E-state index contributed by atoms with van der Waals surface area (Å²) in [4.78, 5) is 25.1. The zero-order valence-electron chi connectivity index (χ0n) is 14.8. The number of ether oxygens (including phenoxy) is 1. The minimum Gasteiger partial charge on any atom is -0.383 e. The van der Waals surface area contributed by atoms with Crippen molar-refractivity contribution in [1.29, 1.82) is 0 Å². The van der Waals surface area contributed by atoms with Crippen LogP contribution in [0.25, 0.3) is 0 Å². The SMILES string of the molecule is COCCNc1ccc(CNC(=O)NCCCN2CCCC2=O)cc1. The van der Waals surface area contributed by atoms with E-state index in [4.69, 9.17) is 4.74 Å². The maximum atomic E-state index is 11.8. The number of methoxy groups -OCH3 is 1. The summed E-state index contributed by atoms with van der Waals surface area (Å²) in [5.74, 6) is 0.226. The van der Waals surface area contributed by atoms with E-state index in [-0.39, 0.29) is 11.9 Å². The third-order valence-electron chi connectivity index (χ3n) is 4.10. The lowest BCUT2D eigenvalue weighted by atomic mass is 10.2. The normalized spacial score (nSPS) is 13.8. The van der Waals surface area contributed by atoms with Crippen LogP contribution in [0.5, 0.6) is 0 Å². The Balaban J connectivity index is 1.57. The van der Waals surface area contributed by atoms with Crippen LogP contribution in [0.4, 0.5) is 10.5 Å². The van der Waals surface area contributed by atoms with Crippen molar-refractivity contribution in [2.24, 2.45) is 0 Å². The van der Waals surface area contributed by atoms with Gasteiger partial charge in [0.1, 0.15) is 0 Å². The molecule has 0 bridgehead atoms. The third-order valence-corrected chi connectivity index (χ3v) is 4.10. The van der Waals surface area contributed by atoms with Gasteiger partial charge in [-0.2, -0.15) is 0 Å². The molecule has 1 aromatic rings. The van der Waals surface area contributed by atoms with Gasteiger partial charge in [-0.1, -0.05) is 12.1 Å². The van der Waals surface area contributed by atoms with Crippen LogP contribution in [0.1, 0.15) is 24.8 Å². The van der Waals surface area contributed by atoms with Crippen LogP contribution >= 0.6 is 0 Å². The van der Waals surface area contributed by atoms with Crippen molar-refractivity contribution >= 4 is 17.6 Å². The molecule has 2 rings (SSSR count). The number of anilines is 1. The molecule has 1 fully saturated rings. The number of nitrogens with zero attached hydrogens (tertiary/aromatic N) is 1. The van der Waals surface area contributed by atoms with E-state index in [1.54, 1.807) is 7.11 Å². The molecule has 0 aliphatic carbocycles. The maximum Gasteiger partial charge on any atom is 0.315 e. The van der Waals surface area contributed by atoms with Gasteiger partial charge >= 0.3 is 6.03 Å². The highest BCUT2D eigenvalue weighted by Gasteiger charge is 2.18. The number of rotatable bonds is 10. The first-order valence-electron chi connectivity index (χ1n) is 8.80. The number of carbonyl (C=O) groups is 2. The largest absolute Gasteiger partial charge is 0.383 e. The van der Waals surface area contributed by atoms with Crippen LogP contribution in [0.15, 0.2) is 24.3 Å². The van der Waals surface area contributed by atoms with Crippen molar-refractivity contribution in [2.45, 2.75) is 25.8 Å². The highest BCUT2D eigenvalue weighted by Crippen LogP contribution is 2.10. The van der Waals surface area contributed by atoms with E-state index in [2.05, 4.69) is 16.0 Å². The third kappa shape index (κ3) is 7.01. The summed E-state index contributed by atoms with van der Waals surface area (Å²) in [6, 6.07) is 7.74. The highest BCUT2D eigenvalue weighted by molar-refractivity contribution is 5.78. The van der Waals surface area contributed by atoms with Crippen molar-refractivity contribution in [1.82, 2.24) is 15.5 Å². The van der Waals surface area contributed by atoms with Gasteiger partial charge in [0, 0.05) is 51.9 Å². The van der Waals surface area contributed by atoms with Gasteiger partial charge in [0.05, 0.1) is 6.61 Å². The fourth-order valence-electron chi connectivity index (χ4n) is 2.70. The molecule has 138 valence electrons. The molecule has 3 amide bonds. The molecular weight excluding hydrogens is 320 g/mol. The van der Waals surface area contributed by atoms with Gasteiger partial charge in [-0.3, -0.25) is 4.79 Å². The van der Waals surface area contributed by atoms with Gasteiger partial charge in [0.2, 0.25) is 5.91 Å². The lowest BCUT2D eigenvalue weighted by Gasteiger charge is -2.15. The monoisotopic (exact) mass is 348 g/mol. The van der Waals surface area contributed by atoms with E-state index in [1.165, 1.54) is 0 Å². The summed E-state index contributed by atoms with van der Waals surface area (Å²) in [5.41, 5.74) is 2.07. The Kier molecular flexibility index (Phi) is 8.04. The quantitative estimate of drug-likeness (QED) is 0.561. The Bertz CT molecular complexity index is 548. The van der Waals surface area contributed by atoms with E-state index in [9.17, 15) is 9.59 Å². The number of amides is 3. The standard InChI is InChI=1S/C18H28N4O3/c1-25-13-10-19-16-7-5-15(6-8-16)14-21-18(24)20-9-3-12-22-11-2-4-17(22)23/h5-8,19H,2-4,9-14H2,1H3,(H2,20,21,24). The summed E-state index contributed by atoms with van der Waals surface area (Å²) < 4.78 is 4.99. The molecule has 0 spiro atoms. The average molecular weight is 348 g/mol. The molecule has 0 aromatic heterocycles. The molecule has 1 saturated heterocycles. The Hall–Kier alpha value is -2.28. The second-order valence-corrected chi connectivity index (χ2v) is 6.06. The topological polar surface area (TPSA) is 82.7 Å². The summed E-state index contributed by atoms with van der Waals surface area (Å²) in [6.07, 6.45) is 2.39.